The fraction of sp³-hybridized carbons (Fsp3) is 0.500. The Labute approximate surface area is 109 Å². The molecule has 6 N–H and O–H groups in total. The Bertz CT molecular complexity index is 442. The number of hydrogen-bond acceptors (Lipinski definition) is 7. The highest BCUT2D eigenvalue weighted by Gasteiger charge is 2.56. The van der Waals surface area contributed by atoms with E-state index in [1.165, 1.54) is 0 Å². The van der Waals surface area contributed by atoms with Gasteiger partial charge >= 0.3 is 0 Å². The molecule has 4 atom stereocenters. The standard InChI is InChI=1S/C12H17NO6/c13-7-3-1-2-4-8(7)18-12(6-15)11(17)10(16)9(5-14)19-12/h1-4,9-11,14-17H,5-6,13H2/t9-,10-,11+,12?/m1/s1. The van der Waals surface area contributed by atoms with Gasteiger partial charge in [-0.2, -0.15) is 0 Å². The molecule has 1 heterocycles. The number of anilines is 1. The van der Waals surface area contributed by atoms with E-state index >= 15 is 0 Å². The molecule has 0 aromatic heterocycles. The van der Waals surface area contributed by atoms with Crippen LogP contribution in [0.3, 0.4) is 0 Å². The van der Waals surface area contributed by atoms with Crippen LogP contribution in [0, 0.1) is 0 Å². The van der Waals surface area contributed by atoms with E-state index < -0.39 is 37.3 Å². The molecule has 1 aliphatic heterocycles. The highest BCUT2D eigenvalue weighted by atomic mass is 16.7. The molecule has 7 nitrogen and oxygen atoms in total. The van der Waals surface area contributed by atoms with Crippen LogP contribution in [0.1, 0.15) is 0 Å². The van der Waals surface area contributed by atoms with E-state index in [0.717, 1.165) is 0 Å². The lowest BCUT2D eigenvalue weighted by molar-refractivity contribution is -0.230. The van der Waals surface area contributed by atoms with Crippen LogP contribution < -0.4 is 10.5 Å². The molecule has 7 heteroatoms. The number of aliphatic hydroxyl groups is 4. The molecule has 1 aromatic rings. The third-order valence-electron chi connectivity index (χ3n) is 3.11. The second-order valence-corrected chi connectivity index (χ2v) is 4.38. The van der Waals surface area contributed by atoms with Crippen LogP contribution in [0.15, 0.2) is 24.3 Å². The van der Waals surface area contributed by atoms with Crippen LogP contribution in [0.2, 0.25) is 0 Å². The van der Waals surface area contributed by atoms with Gasteiger partial charge in [-0.05, 0) is 12.1 Å². The highest BCUT2D eigenvalue weighted by Crippen LogP contribution is 2.35. The van der Waals surface area contributed by atoms with Gasteiger partial charge in [0.25, 0.3) is 5.79 Å². The monoisotopic (exact) mass is 271 g/mol. The van der Waals surface area contributed by atoms with E-state index in [1.807, 2.05) is 0 Å². The second kappa shape index (κ2) is 5.32. The zero-order valence-electron chi connectivity index (χ0n) is 10.1. The first-order valence-electron chi connectivity index (χ1n) is 5.83. The van der Waals surface area contributed by atoms with E-state index in [4.69, 9.17) is 20.3 Å². The van der Waals surface area contributed by atoms with Crippen molar-refractivity contribution in [2.45, 2.75) is 24.1 Å². The van der Waals surface area contributed by atoms with Crippen molar-refractivity contribution in [3.05, 3.63) is 24.3 Å². The van der Waals surface area contributed by atoms with Crippen molar-refractivity contribution in [2.75, 3.05) is 18.9 Å². The normalized spacial score (nSPS) is 34.4. The van der Waals surface area contributed by atoms with Crippen LogP contribution in [-0.4, -0.2) is 57.7 Å². The number of benzene rings is 1. The molecule has 106 valence electrons. The van der Waals surface area contributed by atoms with Gasteiger partial charge in [0.05, 0.1) is 12.3 Å². The van der Waals surface area contributed by atoms with Gasteiger partial charge in [0.15, 0.2) is 0 Å². The van der Waals surface area contributed by atoms with Crippen molar-refractivity contribution in [1.82, 2.24) is 0 Å². The minimum atomic E-state index is -1.84. The molecule has 1 aromatic carbocycles. The topological polar surface area (TPSA) is 125 Å². The van der Waals surface area contributed by atoms with E-state index in [-0.39, 0.29) is 5.75 Å². The molecule has 0 bridgehead atoms. The Morgan fingerprint density at radius 3 is 2.47 bits per heavy atom. The maximum atomic E-state index is 9.95. The van der Waals surface area contributed by atoms with Crippen molar-refractivity contribution in [1.29, 1.82) is 0 Å². The molecule has 0 aliphatic carbocycles. The Kier molecular flexibility index (Phi) is 3.93. The minimum Gasteiger partial charge on any atom is -0.455 e. The molecular weight excluding hydrogens is 254 g/mol. The number of nitrogen functional groups attached to an aromatic ring is 1. The molecule has 19 heavy (non-hydrogen) atoms. The molecule has 0 spiro atoms. The number of rotatable bonds is 4. The summed E-state index contributed by atoms with van der Waals surface area (Å²) < 4.78 is 10.7. The summed E-state index contributed by atoms with van der Waals surface area (Å²) in [4.78, 5) is 0. The molecule has 1 saturated heterocycles. The first-order valence-corrected chi connectivity index (χ1v) is 5.83. The van der Waals surface area contributed by atoms with Gasteiger partial charge in [-0.3, -0.25) is 0 Å². The average Bonchev–Trinajstić information content (AvgIpc) is 2.67. The zero-order chi connectivity index (χ0) is 14.0. The number of aliphatic hydroxyl groups excluding tert-OH is 4. The van der Waals surface area contributed by atoms with Crippen LogP contribution >= 0.6 is 0 Å². The fourth-order valence-corrected chi connectivity index (χ4v) is 2.01. The summed E-state index contributed by atoms with van der Waals surface area (Å²) in [5.74, 6) is -1.64. The molecule has 1 fully saturated rings. The van der Waals surface area contributed by atoms with Crippen molar-refractivity contribution < 1.29 is 29.9 Å². The lowest BCUT2D eigenvalue weighted by atomic mass is 10.1. The van der Waals surface area contributed by atoms with Gasteiger partial charge in [0.2, 0.25) is 0 Å². The Morgan fingerprint density at radius 2 is 1.95 bits per heavy atom. The molecule has 0 radical (unpaired) electrons. The lowest BCUT2D eigenvalue weighted by Gasteiger charge is -2.31. The summed E-state index contributed by atoms with van der Waals surface area (Å²) in [5, 5.41) is 38.1. The largest absolute Gasteiger partial charge is 0.455 e. The Morgan fingerprint density at radius 1 is 1.26 bits per heavy atom. The van der Waals surface area contributed by atoms with Crippen molar-refractivity contribution in [3.63, 3.8) is 0 Å². The van der Waals surface area contributed by atoms with Gasteiger partial charge in [-0.15, -0.1) is 0 Å². The summed E-state index contributed by atoms with van der Waals surface area (Å²) in [7, 11) is 0. The third kappa shape index (κ3) is 2.38. The smallest absolute Gasteiger partial charge is 0.263 e. The van der Waals surface area contributed by atoms with E-state index in [9.17, 15) is 15.3 Å². The first-order chi connectivity index (χ1) is 9.04. The lowest BCUT2D eigenvalue weighted by Crippen LogP contribution is -2.51. The van der Waals surface area contributed by atoms with Crippen molar-refractivity contribution in [3.8, 4) is 5.75 Å². The SMILES string of the molecule is Nc1ccccc1OC1(CO)O[C@H](CO)[C@@H](O)[C@@H]1O. The minimum absolute atomic E-state index is 0.210. The van der Waals surface area contributed by atoms with Crippen LogP contribution in [-0.2, 0) is 4.74 Å². The van der Waals surface area contributed by atoms with E-state index in [1.54, 1.807) is 24.3 Å². The summed E-state index contributed by atoms with van der Waals surface area (Å²) >= 11 is 0. The maximum Gasteiger partial charge on any atom is 0.263 e. The molecular formula is C12H17NO6. The van der Waals surface area contributed by atoms with Crippen LogP contribution in [0.5, 0.6) is 5.75 Å². The Hall–Kier alpha value is -1.38. The predicted molar refractivity (Wildman–Crippen MR) is 65.3 cm³/mol. The van der Waals surface area contributed by atoms with Crippen LogP contribution in [0.25, 0.3) is 0 Å². The average molecular weight is 271 g/mol. The van der Waals surface area contributed by atoms with Gasteiger partial charge < -0.3 is 35.6 Å². The van der Waals surface area contributed by atoms with E-state index in [2.05, 4.69) is 0 Å². The quantitative estimate of drug-likeness (QED) is 0.420. The molecule has 0 saturated carbocycles. The third-order valence-corrected chi connectivity index (χ3v) is 3.11. The summed E-state index contributed by atoms with van der Waals surface area (Å²) in [6, 6.07) is 6.49. The van der Waals surface area contributed by atoms with Gasteiger partial charge in [0.1, 0.15) is 30.7 Å². The fourth-order valence-electron chi connectivity index (χ4n) is 2.01. The molecule has 2 rings (SSSR count). The highest BCUT2D eigenvalue weighted by molar-refractivity contribution is 5.52. The second-order valence-electron chi connectivity index (χ2n) is 4.38. The number of para-hydroxylation sites is 2. The number of nitrogens with two attached hydrogens (primary N) is 1. The zero-order valence-corrected chi connectivity index (χ0v) is 10.1. The van der Waals surface area contributed by atoms with Crippen molar-refractivity contribution >= 4 is 5.69 Å². The molecule has 1 unspecified atom stereocenters. The summed E-state index contributed by atoms with van der Waals surface area (Å²) in [5.41, 5.74) is 6.00. The van der Waals surface area contributed by atoms with E-state index in [0.29, 0.717) is 5.69 Å². The predicted octanol–water partition coefficient (Wildman–Crippen LogP) is -1.55. The summed E-state index contributed by atoms with van der Waals surface area (Å²) in [6.45, 7) is -1.20. The van der Waals surface area contributed by atoms with Gasteiger partial charge in [-0.25, -0.2) is 0 Å². The summed E-state index contributed by atoms with van der Waals surface area (Å²) in [6.07, 6.45) is -3.90. The van der Waals surface area contributed by atoms with Crippen molar-refractivity contribution in [2.24, 2.45) is 0 Å². The first kappa shape index (κ1) is 14.0. The molecule has 0 amide bonds. The molecule has 1 aliphatic rings. The van der Waals surface area contributed by atoms with Gasteiger partial charge in [0, 0.05) is 0 Å². The van der Waals surface area contributed by atoms with Crippen LogP contribution in [0.4, 0.5) is 5.69 Å². The maximum absolute atomic E-state index is 9.95. The Balaban J connectivity index is 2.27. The number of ether oxygens (including phenoxy) is 2. The number of hydrogen-bond donors (Lipinski definition) is 5. The van der Waals surface area contributed by atoms with Gasteiger partial charge in [-0.1, -0.05) is 12.1 Å².